The molecular weight excluding hydrogens is 454 g/mol. The largest absolute Gasteiger partial charge is 0.481 e. The predicted octanol–water partition coefficient (Wildman–Crippen LogP) is 3.84. The minimum Gasteiger partial charge on any atom is -0.481 e. The van der Waals surface area contributed by atoms with Crippen LogP contribution in [0.2, 0.25) is 0 Å². The van der Waals surface area contributed by atoms with Crippen LogP contribution in [0.1, 0.15) is 11.1 Å². The summed E-state index contributed by atoms with van der Waals surface area (Å²) in [5.74, 6) is 0.237. The van der Waals surface area contributed by atoms with Crippen molar-refractivity contribution < 1.29 is 22.1 Å². The lowest BCUT2D eigenvalue weighted by Crippen LogP contribution is -2.24. The van der Waals surface area contributed by atoms with Crippen molar-refractivity contribution in [2.45, 2.75) is 11.8 Å². The van der Waals surface area contributed by atoms with Gasteiger partial charge in [-0.05, 0) is 61.0 Å². The topological polar surface area (TPSA) is 107 Å². The van der Waals surface area contributed by atoms with Crippen molar-refractivity contribution in [2.24, 2.45) is 5.10 Å². The zero-order valence-electron chi connectivity index (χ0n) is 18.2. The second-order valence-corrected chi connectivity index (χ2v) is 8.88. The molecule has 4 aromatic rings. The molecule has 0 spiro atoms. The van der Waals surface area contributed by atoms with E-state index in [9.17, 15) is 13.2 Å². The lowest BCUT2D eigenvalue weighted by molar-refractivity contribution is -0.123. The van der Waals surface area contributed by atoms with Crippen molar-refractivity contribution in [3.05, 3.63) is 96.2 Å². The number of hydrogen-bond acceptors (Lipinski definition) is 7. The number of hydrazone groups is 1. The molecule has 1 heterocycles. The molecule has 1 aromatic heterocycles. The van der Waals surface area contributed by atoms with E-state index in [0.717, 1.165) is 10.9 Å². The van der Waals surface area contributed by atoms with Gasteiger partial charge in [-0.2, -0.15) is 13.5 Å². The summed E-state index contributed by atoms with van der Waals surface area (Å²) in [4.78, 5) is 16.4. The van der Waals surface area contributed by atoms with Gasteiger partial charge in [0.25, 0.3) is 5.91 Å². The summed E-state index contributed by atoms with van der Waals surface area (Å²) in [5, 5.41) is 4.81. The highest BCUT2D eigenvalue weighted by atomic mass is 32.2. The zero-order chi connectivity index (χ0) is 24.0. The Bertz CT molecular complexity index is 1430. The predicted molar refractivity (Wildman–Crippen MR) is 128 cm³/mol. The van der Waals surface area contributed by atoms with Crippen LogP contribution in [0, 0.1) is 6.92 Å². The molecule has 172 valence electrons. The average Bonchev–Trinajstić information content (AvgIpc) is 2.84. The summed E-state index contributed by atoms with van der Waals surface area (Å²) < 4.78 is 35.5. The molecule has 0 atom stereocenters. The lowest BCUT2D eigenvalue weighted by atomic mass is 10.2. The van der Waals surface area contributed by atoms with Crippen LogP contribution in [-0.2, 0) is 14.9 Å². The van der Waals surface area contributed by atoms with Gasteiger partial charge in [0.1, 0.15) is 21.9 Å². The van der Waals surface area contributed by atoms with Gasteiger partial charge in [-0.3, -0.25) is 9.78 Å². The Morgan fingerprint density at radius 1 is 1.00 bits per heavy atom. The molecule has 0 saturated heterocycles. The first-order valence-corrected chi connectivity index (χ1v) is 11.7. The molecule has 0 aliphatic rings. The summed E-state index contributed by atoms with van der Waals surface area (Å²) in [5.41, 5.74) is 4.65. The van der Waals surface area contributed by atoms with Crippen LogP contribution in [0.15, 0.2) is 95.1 Å². The number of pyridine rings is 1. The molecule has 0 unspecified atom stereocenters. The van der Waals surface area contributed by atoms with Gasteiger partial charge in [0.2, 0.25) is 0 Å². The molecule has 0 saturated carbocycles. The molecule has 3 aromatic carbocycles. The van der Waals surface area contributed by atoms with Gasteiger partial charge in [0, 0.05) is 11.6 Å². The van der Waals surface area contributed by atoms with E-state index in [1.807, 2.05) is 31.2 Å². The number of nitrogens with zero attached hydrogens (tertiary/aromatic N) is 2. The average molecular weight is 476 g/mol. The third-order valence-corrected chi connectivity index (χ3v) is 6.01. The number of carbonyl (C=O) groups excluding carboxylic acids is 1. The maximum absolute atomic E-state index is 12.4. The quantitative estimate of drug-likeness (QED) is 0.236. The number of hydrogen-bond donors (Lipinski definition) is 1. The zero-order valence-corrected chi connectivity index (χ0v) is 19.0. The normalized spacial score (nSPS) is 11.4. The number of fused-ring (bicyclic) bond motifs is 1. The van der Waals surface area contributed by atoms with Crippen LogP contribution in [0.25, 0.3) is 10.9 Å². The lowest BCUT2D eigenvalue weighted by Gasteiger charge is -2.08. The molecule has 1 amide bonds. The van der Waals surface area contributed by atoms with Gasteiger partial charge in [0.15, 0.2) is 6.61 Å². The first-order valence-electron chi connectivity index (χ1n) is 10.3. The van der Waals surface area contributed by atoms with Crippen LogP contribution < -0.4 is 14.3 Å². The standard InChI is InChI=1S/C25H21N3O5S/c1-18-7-13-22(14-8-18)34(30,31)33-21-11-9-19(10-12-21)16-27-28-24(29)17-32-23-6-2-4-20-5-3-15-26-25(20)23/h2-16H,17H2,1H3,(H,28,29)/b27-16-. The molecule has 9 heteroatoms. The highest BCUT2D eigenvalue weighted by Crippen LogP contribution is 2.23. The molecule has 4 rings (SSSR count). The van der Waals surface area contributed by atoms with E-state index in [1.165, 1.54) is 30.5 Å². The third kappa shape index (κ3) is 5.76. The Hall–Kier alpha value is -4.24. The van der Waals surface area contributed by atoms with E-state index in [4.69, 9.17) is 8.92 Å². The van der Waals surface area contributed by atoms with Crippen molar-refractivity contribution in [1.82, 2.24) is 10.4 Å². The van der Waals surface area contributed by atoms with Crippen molar-refractivity contribution in [2.75, 3.05) is 6.61 Å². The maximum Gasteiger partial charge on any atom is 0.339 e. The second-order valence-electron chi connectivity index (χ2n) is 7.33. The molecule has 34 heavy (non-hydrogen) atoms. The summed E-state index contributed by atoms with van der Waals surface area (Å²) in [6.07, 6.45) is 3.09. The minimum atomic E-state index is -3.92. The number of carbonyl (C=O) groups is 1. The van der Waals surface area contributed by atoms with Crippen LogP contribution in [0.5, 0.6) is 11.5 Å². The molecule has 0 aliphatic heterocycles. The van der Waals surface area contributed by atoms with Crippen LogP contribution in [0.4, 0.5) is 0 Å². The molecule has 1 N–H and O–H groups in total. The fourth-order valence-corrected chi connectivity index (χ4v) is 3.97. The number of ether oxygens (including phenoxy) is 1. The number of amides is 1. The Morgan fingerprint density at radius 3 is 2.50 bits per heavy atom. The minimum absolute atomic E-state index is 0.0768. The Kier molecular flexibility index (Phi) is 6.84. The smallest absolute Gasteiger partial charge is 0.339 e. The van der Waals surface area contributed by atoms with Gasteiger partial charge in [0.05, 0.1) is 6.21 Å². The number of nitrogens with one attached hydrogen (secondary N) is 1. The number of para-hydroxylation sites is 1. The fourth-order valence-electron chi connectivity index (χ4n) is 3.04. The molecular formula is C25H21N3O5S. The Morgan fingerprint density at radius 2 is 1.74 bits per heavy atom. The van der Waals surface area contributed by atoms with Gasteiger partial charge in [-0.25, -0.2) is 5.43 Å². The van der Waals surface area contributed by atoms with Gasteiger partial charge in [-0.15, -0.1) is 0 Å². The van der Waals surface area contributed by atoms with E-state index in [2.05, 4.69) is 15.5 Å². The fraction of sp³-hybridized carbons (Fsp3) is 0.0800. The third-order valence-electron chi connectivity index (χ3n) is 4.75. The number of aromatic nitrogens is 1. The van der Waals surface area contributed by atoms with E-state index in [-0.39, 0.29) is 17.3 Å². The SMILES string of the molecule is Cc1ccc(S(=O)(=O)Oc2ccc(/C=N\NC(=O)COc3cccc4cccnc34)cc2)cc1. The van der Waals surface area contributed by atoms with Crippen molar-refractivity contribution >= 4 is 33.1 Å². The Balaban J connectivity index is 1.30. The van der Waals surface area contributed by atoms with Crippen LogP contribution >= 0.6 is 0 Å². The van der Waals surface area contributed by atoms with Crippen LogP contribution in [-0.4, -0.2) is 32.1 Å². The van der Waals surface area contributed by atoms with Gasteiger partial charge in [-0.1, -0.05) is 35.9 Å². The van der Waals surface area contributed by atoms with E-state index < -0.39 is 16.0 Å². The summed E-state index contributed by atoms with van der Waals surface area (Å²) in [7, 11) is -3.92. The van der Waals surface area contributed by atoms with Gasteiger partial charge < -0.3 is 8.92 Å². The van der Waals surface area contributed by atoms with Crippen molar-refractivity contribution in [1.29, 1.82) is 0 Å². The molecule has 0 bridgehead atoms. The molecule has 0 fully saturated rings. The second kappa shape index (κ2) is 10.1. The summed E-state index contributed by atoms with van der Waals surface area (Å²) in [6.45, 7) is 1.65. The van der Waals surface area contributed by atoms with Crippen molar-refractivity contribution in [3.63, 3.8) is 0 Å². The van der Waals surface area contributed by atoms with Crippen LogP contribution in [0.3, 0.4) is 0 Å². The molecule has 0 radical (unpaired) electrons. The first-order chi connectivity index (χ1) is 16.4. The van der Waals surface area contributed by atoms with E-state index >= 15 is 0 Å². The summed E-state index contributed by atoms with van der Waals surface area (Å²) in [6, 6.07) is 21.9. The van der Waals surface area contributed by atoms with E-state index in [0.29, 0.717) is 16.8 Å². The first kappa shape index (κ1) is 22.9. The number of rotatable bonds is 8. The van der Waals surface area contributed by atoms with E-state index in [1.54, 1.807) is 36.5 Å². The Labute approximate surface area is 197 Å². The molecule has 0 aliphatic carbocycles. The molecule has 8 nitrogen and oxygen atoms in total. The van der Waals surface area contributed by atoms with Crippen molar-refractivity contribution in [3.8, 4) is 11.5 Å². The maximum atomic E-state index is 12.4. The highest BCUT2D eigenvalue weighted by Gasteiger charge is 2.16. The monoisotopic (exact) mass is 475 g/mol. The number of benzene rings is 3. The van der Waals surface area contributed by atoms with Gasteiger partial charge >= 0.3 is 10.1 Å². The highest BCUT2D eigenvalue weighted by molar-refractivity contribution is 7.87. The number of aryl methyl sites for hydroxylation is 1. The summed E-state index contributed by atoms with van der Waals surface area (Å²) >= 11 is 0.